The SMILES string of the molecule is CCCCN1C(=O)NC(=O)[C@H](C(C)=NCCC[NH+](CC)CC)C1=O. The molecule has 2 N–H and O–H groups in total. The monoisotopic (exact) mass is 339 g/mol. The summed E-state index contributed by atoms with van der Waals surface area (Å²) in [6, 6.07) is -0.618. The van der Waals surface area contributed by atoms with Crippen LogP contribution in [0, 0.1) is 5.92 Å². The van der Waals surface area contributed by atoms with Crippen molar-refractivity contribution in [3.8, 4) is 0 Å². The minimum atomic E-state index is -0.972. The molecule has 4 amide bonds. The van der Waals surface area contributed by atoms with E-state index in [0.717, 1.165) is 43.8 Å². The largest absolute Gasteiger partial charge is 0.335 e. The molecule has 0 spiro atoms. The minimum absolute atomic E-state index is 0.337. The maximum Gasteiger partial charge on any atom is 0.330 e. The summed E-state index contributed by atoms with van der Waals surface area (Å²) in [4.78, 5) is 43.4. The zero-order chi connectivity index (χ0) is 18.1. The van der Waals surface area contributed by atoms with Gasteiger partial charge in [0.2, 0.25) is 11.8 Å². The van der Waals surface area contributed by atoms with Crippen molar-refractivity contribution in [2.24, 2.45) is 10.9 Å². The number of barbiturate groups is 1. The smallest absolute Gasteiger partial charge is 0.330 e. The van der Waals surface area contributed by atoms with Gasteiger partial charge in [-0.2, -0.15) is 0 Å². The number of nitrogens with one attached hydrogen (secondary N) is 2. The third-order valence-corrected chi connectivity index (χ3v) is 4.45. The van der Waals surface area contributed by atoms with Crippen LogP contribution in [0.2, 0.25) is 0 Å². The Kier molecular flexibility index (Phi) is 8.60. The lowest BCUT2D eigenvalue weighted by Gasteiger charge is -2.30. The van der Waals surface area contributed by atoms with Crippen LogP contribution in [0.5, 0.6) is 0 Å². The highest BCUT2D eigenvalue weighted by molar-refractivity contribution is 6.27. The number of imide groups is 2. The van der Waals surface area contributed by atoms with Crippen LogP contribution < -0.4 is 10.2 Å². The maximum atomic E-state index is 12.5. The summed E-state index contributed by atoms with van der Waals surface area (Å²) in [6.45, 7) is 12.1. The number of unbranched alkanes of at least 4 members (excludes halogenated alkanes) is 1. The second-order valence-corrected chi connectivity index (χ2v) is 6.15. The molecule has 1 fully saturated rings. The fraction of sp³-hybridized carbons (Fsp3) is 0.765. The first-order valence-corrected chi connectivity index (χ1v) is 8.96. The Bertz CT molecular complexity index is 486. The number of quaternary nitrogens is 1. The van der Waals surface area contributed by atoms with Crippen LogP contribution in [0.4, 0.5) is 4.79 Å². The normalized spacial score (nSPS) is 19.2. The van der Waals surface area contributed by atoms with Crippen LogP contribution in [0.3, 0.4) is 0 Å². The minimum Gasteiger partial charge on any atom is -0.335 e. The topological polar surface area (TPSA) is 83.3 Å². The average Bonchev–Trinajstić information content (AvgIpc) is 2.54. The Balaban J connectivity index is 2.67. The van der Waals surface area contributed by atoms with E-state index in [0.29, 0.717) is 18.8 Å². The summed E-state index contributed by atoms with van der Waals surface area (Å²) < 4.78 is 0. The summed E-state index contributed by atoms with van der Waals surface area (Å²) in [6.07, 6.45) is 2.51. The summed E-state index contributed by atoms with van der Waals surface area (Å²) in [5, 5.41) is 2.27. The van der Waals surface area contributed by atoms with E-state index < -0.39 is 23.8 Å². The summed E-state index contributed by atoms with van der Waals surface area (Å²) in [5.74, 6) is -1.98. The van der Waals surface area contributed by atoms with Crippen molar-refractivity contribution < 1.29 is 19.3 Å². The second kappa shape index (κ2) is 10.2. The van der Waals surface area contributed by atoms with Gasteiger partial charge in [0.15, 0.2) is 5.92 Å². The molecule has 1 aliphatic heterocycles. The van der Waals surface area contributed by atoms with Crippen molar-refractivity contribution in [1.29, 1.82) is 0 Å². The van der Waals surface area contributed by atoms with Gasteiger partial charge in [-0.25, -0.2) is 4.79 Å². The van der Waals surface area contributed by atoms with Crippen LogP contribution in [-0.2, 0) is 9.59 Å². The first kappa shape index (κ1) is 20.3. The fourth-order valence-electron chi connectivity index (χ4n) is 2.79. The third kappa shape index (κ3) is 5.40. The van der Waals surface area contributed by atoms with Gasteiger partial charge in [-0.1, -0.05) is 13.3 Å². The molecule has 0 bridgehead atoms. The van der Waals surface area contributed by atoms with Crippen molar-refractivity contribution in [2.75, 3.05) is 32.7 Å². The van der Waals surface area contributed by atoms with Gasteiger partial charge in [-0.15, -0.1) is 0 Å². The number of carbonyl (C=O) groups excluding carboxylic acids is 3. The molecule has 136 valence electrons. The standard InChI is InChI=1S/C17H30N4O3/c1-5-8-12-21-16(23)14(15(22)19-17(21)24)13(4)18-10-9-11-20(6-2)7-3/h14H,5-12H2,1-4H3,(H,19,22,24)/p+1/t14-/m0/s1. The van der Waals surface area contributed by atoms with Crippen LogP contribution in [-0.4, -0.2) is 61.2 Å². The van der Waals surface area contributed by atoms with Crippen molar-refractivity contribution in [2.45, 2.75) is 47.0 Å². The zero-order valence-corrected chi connectivity index (χ0v) is 15.4. The van der Waals surface area contributed by atoms with Gasteiger partial charge in [-0.05, 0) is 27.2 Å². The highest BCUT2D eigenvalue weighted by atomic mass is 16.2. The van der Waals surface area contributed by atoms with E-state index in [-0.39, 0.29) is 0 Å². The van der Waals surface area contributed by atoms with Gasteiger partial charge in [-0.3, -0.25) is 24.8 Å². The zero-order valence-electron chi connectivity index (χ0n) is 15.4. The number of carbonyl (C=O) groups is 3. The van der Waals surface area contributed by atoms with E-state index in [1.165, 1.54) is 4.90 Å². The number of rotatable bonds is 10. The highest BCUT2D eigenvalue weighted by Gasteiger charge is 2.41. The second-order valence-electron chi connectivity index (χ2n) is 6.15. The lowest BCUT2D eigenvalue weighted by molar-refractivity contribution is -0.896. The van der Waals surface area contributed by atoms with Gasteiger partial charge in [0, 0.05) is 25.2 Å². The molecule has 1 saturated heterocycles. The Hall–Kier alpha value is -1.76. The lowest BCUT2D eigenvalue weighted by atomic mass is 9.99. The quantitative estimate of drug-likeness (QED) is 0.340. The first-order chi connectivity index (χ1) is 11.5. The van der Waals surface area contributed by atoms with Gasteiger partial charge in [0.1, 0.15) is 0 Å². The summed E-state index contributed by atoms with van der Waals surface area (Å²) in [5.41, 5.74) is 0.487. The number of hydrogen-bond acceptors (Lipinski definition) is 4. The van der Waals surface area contributed by atoms with E-state index in [4.69, 9.17) is 0 Å². The van der Waals surface area contributed by atoms with E-state index in [1.54, 1.807) is 6.92 Å². The molecule has 1 rings (SSSR count). The molecule has 7 heteroatoms. The molecule has 1 aliphatic rings. The van der Waals surface area contributed by atoms with E-state index in [2.05, 4.69) is 24.2 Å². The van der Waals surface area contributed by atoms with Crippen LogP contribution in [0.1, 0.15) is 47.0 Å². The fourth-order valence-corrected chi connectivity index (χ4v) is 2.79. The first-order valence-electron chi connectivity index (χ1n) is 8.96. The predicted molar refractivity (Wildman–Crippen MR) is 93.2 cm³/mol. The summed E-state index contributed by atoms with van der Waals surface area (Å²) >= 11 is 0. The molecule has 0 aromatic heterocycles. The Morgan fingerprint density at radius 2 is 1.83 bits per heavy atom. The van der Waals surface area contributed by atoms with E-state index >= 15 is 0 Å². The van der Waals surface area contributed by atoms with Gasteiger partial charge in [0.05, 0.1) is 19.6 Å². The molecule has 0 radical (unpaired) electrons. The van der Waals surface area contributed by atoms with Crippen molar-refractivity contribution in [1.82, 2.24) is 10.2 Å². The number of aliphatic imine (C=N–C) groups is 1. The van der Waals surface area contributed by atoms with Crippen molar-refractivity contribution in [3.63, 3.8) is 0 Å². The van der Waals surface area contributed by atoms with E-state index in [9.17, 15) is 14.4 Å². The molecule has 1 heterocycles. The van der Waals surface area contributed by atoms with Gasteiger partial charge < -0.3 is 4.90 Å². The Morgan fingerprint density at radius 1 is 1.17 bits per heavy atom. The average molecular weight is 339 g/mol. The number of nitrogens with zero attached hydrogens (tertiary/aromatic N) is 2. The molecule has 0 aromatic rings. The predicted octanol–water partition coefficient (Wildman–Crippen LogP) is 0.257. The Labute approximate surface area is 144 Å². The molecule has 24 heavy (non-hydrogen) atoms. The van der Waals surface area contributed by atoms with Crippen LogP contribution in [0.25, 0.3) is 0 Å². The van der Waals surface area contributed by atoms with E-state index in [1.807, 2.05) is 6.92 Å². The molecular formula is C17H31N4O3+. The molecule has 1 atom stereocenters. The molecular weight excluding hydrogens is 308 g/mol. The molecule has 0 aliphatic carbocycles. The van der Waals surface area contributed by atoms with Crippen LogP contribution >= 0.6 is 0 Å². The van der Waals surface area contributed by atoms with Crippen LogP contribution in [0.15, 0.2) is 4.99 Å². The number of amides is 4. The molecule has 0 saturated carbocycles. The van der Waals surface area contributed by atoms with Gasteiger partial charge >= 0.3 is 6.03 Å². The molecule has 7 nitrogen and oxygen atoms in total. The molecule has 0 aromatic carbocycles. The molecule has 0 unspecified atom stereocenters. The van der Waals surface area contributed by atoms with Crippen molar-refractivity contribution in [3.05, 3.63) is 0 Å². The van der Waals surface area contributed by atoms with Gasteiger partial charge in [0.25, 0.3) is 0 Å². The van der Waals surface area contributed by atoms with Crippen molar-refractivity contribution >= 4 is 23.6 Å². The third-order valence-electron chi connectivity index (χ3n) is 4.45. The Morgan fingerprint density at radius 3 is 2.42 bits per heavy atom. The maximum absolute atomic E-state index is 12.5. The highest BCUT2D eigenvalue weighted by Crippen LogP contribution is 2.13. The summed E-state index contributed by atoms with van der Waals surface area (Å²) in [7, 11) is 0. The number of urea groups is 1. The lowest BCUT2D eigenvalue weighted by Crippen LogP contribution is -3.11. The number of hydrogen-bond donors (Lipinski definition) is 2.